The number of benzene rings is 2. The molecule has 0 aliphatic rings. The number of hydrogen-bond donors (Lipinski definition) is 2. The van der Waals surface area contributed by atoms with E-state index < -0.39 is 18.2 Å². The van der Waals surface area contributed by atoms with Gasteiger partial charge < -0.3 is 19.7 Å². The Morgan fingerprint density at radius 1 is 1.17 bits per heavy atom. The lowest BCUT2D eigenvalue weighted by Gasteiger charge is -2.16. The first-order chi connectivity index (χ1) is 11.0. The molecule has 0 aliphatic heterocycles. The summed E-state index contributed by atoms with van der Waals surface area (Å²) < 4.78 is 22.9. The normalized spacial score (nSPS) is 13.2. The summed E-state index contributed by atoms with van der Waals surface area (Å²) in [6.07, 6.45) is -3.04. The molecule has 0 fully saturated rings. The van der Waals surface area contributed by atoms with E-state index in [4.69, 9.17) is 4.74 Å². The Labute approximate surface area is 132 Å². The summed E-state index contributed by atoms with van der Waals surface area (Å²) in [7, 11) is 1.13. The molecular weight excluding hydrogens is 303 g/mol. The summed E-state index contributed by atoms with van der Waals surface area (Å²) >= 11 is 0. The molecule has 2 aromatic rings. The molecule has 2 unspecified atom stereocenters. The van der Waals surface area contributed by atoms with Gasteiger partial charge in [0.15, 0.2) is 6.10 Å². The maximum Gasteiger partial charge on any atom is 0.337 e. The summed E-state index contributed by atoms with van der Waals surface area (Å²) in [4.78, 5) is 11.2. The minimum atomic E-state index is -1.65. The molecule has 0 aliphatic carbocycles. The van der Waals surface area contributed by atoms with Crippen LogP contribution in [-0.4, -0.2) is 29.4 Å². The predicted molar refractivity (Wildman–Crippen MR) is 80.2 cm³/mol. The molecule has 23 heavy (non-hydrogen) atoms. The number of esters is 1. The standard InChI is InChI=1S/C17H17FO5/c1-22-17(21)16(20)15(19)12-5-7-14(8-6-12)23-10-11-3-2-4-13(18)9-11/h2-9,15-16,19-20H,10H2,1H3. The average Bonchev–Trinajstić information content (AvgIpc) is 2.58. The molecule has 0 bridgehead atoms. The highest BCUT2D eigenvalue weighted by Crippen LogP contribution is 2.21. The summed E-state index contributed by atoms with van der Waals surface area (Å²) in [5, 5.41) is 19.5. The number of halogens is 1. The van der Waals surface area contributed by atoms with Crippen LogP contribution in [0.3, 0.4) is 0 Å². The molecular formula is C17H17FO5. The third-order valence-electron chi connectivity index (χ3n) is 3.26. The number of aliphatic hydroxyl groups is 2. The van der Waals surface area contributed by atoms with E-state index in [-0.39, 0.29) is 12.4 Å². The van der Waals surface area contributed by atoms with E-state index in [0.29, 0.717) is 16.9 Å². The Kier molecular flexibility index (Phi) is 5.67. The quantitative estimate of drug-likeness (QED) is 0.796. The highest BCUT2D eigenvalue weighted by atomic mass is 19.1. The van der Waals surface area contributed by atoms with Crippen molar-refractivity contribution in [2.24, 2.45) is 0 Å². The van der Waals surface area contributed by atoms with E-state index in [9.17, 15) is 19.4 Å². The van der Waals surface area contributed by atoms with Gasteiger partial charge in [0.25, 0.3) is 0 Å². The monoisotopic (exact) mass is 320 g/mol. The third kappa shape index (κ3) is 4.51. The van der Waals surface area contributed by atoms with E-state index in [2.05, 4.69) is 4.74 Å². The lowest BCUT2D eigenvalue weighted by Crippen LogP contribution is -2.28. The van der Waals surface area contributed by atoms with Gasteiger partial charge in [-0.3, -0.25) is 0 Å². The second-order valence-corrected chi connectivity index (χ2v) is 4.90. The molecule has 2 aromatic carbocycles. The maximum absolute atomic E-state index is 13.1. The van der Waals surface area contributed by atoms with Crippen molar-refractivity contribution < 1.29 is 28.9 Å². The van der Waals surface area contributed by atoms with Crippen LogP contribution in [0.5, 0.6) is 5.75 Å². The van der Waals surface area contributed by atoms with Crippen LogP contribution >= 0.6 is 0 Å². The van der Waals surface area contributed by atoms with Crippen molar-refractivity contribution in [1.29, 1.82) is 0 Å². The molecule has 5 nitrogen and oxygen atoms in total. The highest BCUT2D eigenvalue weighted by molar-refractivity contribution is 5.75. The molecule has 0 spiro atoms. The molecule has 0 saturated carbocycles. The largest absolute Gasteiger partial charge is 0.489 e. The number of methoxy groups -OCH3 is 1. The maximum atomic E-state index is 13.1. The molecule has 122 valence electrons. The number of aliphatic hydroxyl groups excluding tert-OH is 2. The fourth-order valence-corrected chi connectivity index (χ4v) is 1.99. The predicted octanol–water partition coefficient (Wildman–Crippen LogP) is 1.97. The molecule has 2 N–H and O–H groups in total. The molecule has 2 rings (SSSR count). The minimum absolute atomic E-state index is 0.199. The molecule has 0 aromatic heterocycles. The van der Waals surface area contributed by atoms with Crippen LogP contribution in [0.1, 0.15) is 17.2 Å². The molecule has 0 radical (unpaired) electrons. The van der Waals surface area contributed by atoms with Gasteiger partial charge in [-0.2, -0.15) is 0 Å². The summed E-state index contributed by atoms with van der Waals surface area (Å²) in [6, 6.07) is 12.3. The van der Waals surface area contributed by atoms with Gasteiger partial charge in [0.05, 0.1) is 7.11 Å². The summed E-state index contributed by atoms with van der Waals surface area (Å²) in [6.45, 7) is 0.199. The first kappa shape index (κ1) is 16.9. The number of carbonyl (C=O) groups excluding carboxylic acids is 1. The van der Waals surface area contributed by atoms with Gasteiger partial charge in [0.2, 0.25) is 0 Å². The van der Waals surface area contributed by atoms with Crippen molar-refractivity contribution in [3.8, 4) is 5.75 Å². The fraction of sp³-hybridized carbons (Fsp3) is 0.235. The van der Waals surface area contributed by atoms with Crippen LogP contribution in [0.2, 0.25) is 0 Å². The van der Waals surface area contributed by atoms with Gasteiger partial charge in [-0.05, 0) is 35.4 Å². The van der Waals surface area contributed by atoms with Gasteiger partial charge in [-0.25, -0.2) is 9.18 Å². The first-order valence-electron chi connectivity index (χ1n) is 6.92. The Balaban J connectivity index is 1.98. The molecule has 0 heterocycles. The summed E-state index contributed by atoms with van der Waals surface area (Å²) in [5.41, 5.74) is 1.04. The van der Waals surface area contributed by atoms with Gasteiger partial charge in [0.1, 0.15) is 24.3 Å². The smallest absolute Gasteiger partial charge is 0.337 e. The molecule has 6 heteroatoms. The lowest BCUT2D eigenvalue weighted by molar-refractivity contribution is -0.156. The Bertz CT molecular complexity index is 656. The van der Waals surface area contributed by atoms with Crippen LogP contribution in [-0.2, 0) is 16.1 Å². The van der Waals surface area contributed by atoms with Crippen molar-refractivity contribution in [3.63, 3.8) is 0 Å². The number of hydrogen-bond acceptors (Lipinski definition) is 5. The minimum Gasteiger partial charge on any atom is -0.489 e. The third-order valence-corrected chi connectivity index (χ3v) is 3.26. The number of carbonyl (C=O) groups is 1. The van der Waals surface area contributed by atoms with E-state index in [0.717, 1.165) is 7.11 Å². The van der Waals surface area contributed by atoms with Gasteiger partial charge in [-0.15, -0.1) is 0 Å². The van der Waals surface area contributed by atoms with Crippen LogP contribution in [0.25, 0.3) is 0 Å². The number of ether oxygens (including phenoxy) is 2. The van der Waals surface area contributed by atoms with Gasteiger partial charge >= 0.3 is 5.97 Å². The van der Waals surface area contributed by atoms with Gasteiger partial charge in [0, 0.05) is 0 Å². The van der Waals surface area contributed by atoms with Crippen molar-refractivity contribution in [2.45, 2.75) is 18.8 Å². The Morgan fingerprint density at radius 2 is 1.87 bits per heavy atom. The molecule has 0 amide bonds. The van der Waals surface area contributed by atoms with E-state index >= 15 is 0 Å². The van der Waals surface area contributed by atoms with Crippen LogP contribution in [0, 0.1) is 5.82 Å². The van der Waals surface area contributed by atoms with Crippen LogP contribution < -0.4 is 4.74 Å². The van der Waals surface area contributed by atoms with Crippen molar-refractivity contribution in [3.05, 3.63) is 65.5 Å². The van der Waals surface area contributed by atoms with Crippen LogP contribution in [0.15, 0.2) is 48.5 Å². The van der Waals surface area contributed by atoms with Crippen LogP contribution in [0.4, 0.5) is 4.39 Å². The highest BCUT2D eigenvalue weighted by Gasteiger charge is 2.26. The first-order valence-corrected chi connectivity index (χ1v) is 6.92. The zero-order valence-electron chi connectivity index (χ0n) is 12.5. The van der Waals surface area contributed by atoms with Crippen molar-refractivity contribution in [2.75, 3.05) is 7.11 Å². The van der Waals surface area contributed by atoms with E-state index in [1.807, 2.05) is 0 Å². The van der Waals surface area contributed by atoms with Crippen molar-refractivity contribution >= 4 is 5.97 Å². The van der Waals surface area contributed by atoms with E-state index in [1.54, 1.807) is 24.3 Å². The van der Waals surface area contributed by atoms with E-state index in [1.165, 1.54) is 24.3 Å². The summed E-state index contributed by atoms with van der Waals surface area (Å²) in [5.74, 6) is -0.733. The average molecular weight is 320 g/mol. The SMILES string of the molecule is COC(=O)C(O)C(O)c1ccc(OCc2cccc(F)c2)cc1. The lowest BCUT2D eigenvalue weighted by atomic mass is 10.0. The molecule has 0 saturated heterocycles. The Morgan fingerprint density at radius 3 is 2.48 bits per heavy atom. The molecule has 2 atom stereocenters. The zero-order chi connectivity index (χ0) is 16.8. The fourth-order valence-electron chi connectivity index (χ4n) is 1.99. The number of rotatable bonds is 6. The van der Waals surface area contributed by atoms with Crippen molar-refractivity contribution in [1.82, 2.24) is 0 Å². The van der Waals surface area contributed by atoms with Gasteiger partial charge in [-0.1, -0.05) is 24.3 Å². The topological polar surface area (TPSA) is 76.0 Å². The second-order valence-electron chi connectivity index (χ2n) is 4.90. The zero-order valence-corrected chi connectivity index (χ0v) is 12.5. The second kappa shape index (κ2) is 7.71. The Hall–Kier alpha value is -2.44.